The second-order valence-corrected chi connectivity index (χ2v) is 6.96. The van der Waals surface area contributed by atoms with Gasteiger partial charge < -0.3 is 5.11 Å². The van der Waals surface area contributed by atoms with Crippen molar-refractivity contribution in [2.75, 3.05) is 0 Å². The predicted molar refractivity (Wildman–Crippen MR) is 70.9 cm³/mol. The molecule has 1 saturated carbocycles. The maximum absolute atomic E-state index is 12.1. The van der Waals surface area contributed by atoms with Gasteiger partial charge in [0.2, 0.25) is 10.0 Å². The Morgan fingerprint density at radius 3 is 2.58 bits per heavy atom. The van der Waals surface area contributed by atoms with Crippen LogP contribution in [0.5, 0.6) is 0 Å². The molecule has 1 fully saturated rings. The van der Waals surface area contributed by atoms with E-state index >= 15 is 0 Å². The van der Waals surface area contributed by atoms with Crippen LogP contribution in [0.15, 0.2) is 23.1 Å². The topological polar surface area (TPSA) is 83.5 Å². The summed E-state index contributed by atoms with van der Waals surface area (Å²) >= 11 is 5.71. The van der Waals surface area contributed by atoms with E-state index in [4.69, 9.17) is 16.7 Å². The number of nitrogens with one attached hydrogen (secondary N) is 1. The van der Waals surface area contributed by atoms with Crippen LogP contribution in [0, 0.1) is 5.92 Å². The molecule has 2 N–H and O–H groups in total. The highest BCUT2D eigenvalue weighted by molar-refractivity contribution is 7.89. The van der Waals surface area contributed by atoms with E-state index in [1.807, 2.05) is 0 Å². The van der Waals surface area contributed by atoms with Crippen molar-refractivity contribution in [3.8, 4) is 0 Å². The van der Waals surface area contributed by atoms with Crippen LogP contribution in [-0.2, 0) is 10.0 Å². The lowest BCUT2D eigenvalue weighted by atomic mass is 9.83. The molecule has 0 unspecified atom stereocenters. The van der Waals surface area contributed by atoms with Crippen LogP contribution in [-0.4, -0.2) is 25.5 Å². The Morgan fingerprint density at radius 2 is 2.05 bits per heavy atom. The molecule has 19 heavy (non-hydrogen) atoms. The van der Waals surface area contributed by atoms with Gasteiger partial charge >= 0.3 is 5.97 Å². The molecule has 0 spiro atoms. The first-order chi connectivity index (χ1) is 8.79. The highest BCUT2D eigenvalue weighted by atomic mass is 35.5. The predicted octanol–water partition coefficient (Wildman–Crippen LogP) is 2.12. The highest BCUT2D eigenvalue weighted by Crippen LogP contribution is 2.28. The largest absolute Gasteiger partial charge is 0.478 e. The fourth-order valence-electron chi connectivity index (χ4n) is 2.12. The van der Waals surface area contributed by atoms with E-state index in [1.165, 1.54) is 12.1 Å². The molecule has 0 radical (unpaired) electrons. The number of hydrogen-bond donors (Lipinski definition) is 2. The van der Waals surface area contributed by atoms with Gasteiger partial charge in [-0.15, -0.1) is 0 Å². The van der Waals surface area contributed by atoms with Gasteiger partial charge in [0, 0.05) is 6.04 Å². The normalized spacial score (nSPS) is 22.8. The Morgan fingerprint density at radius 1 is 1.42 bits per heavy atom. The zero-order valence-corrected chi connectivity index (χ0v) is 11.8. The minimum absolute atomic E-state index is 0.0173. The first kappa shape index (κ1) is 14.3. The maximum atomic E-state index is 12.1. The smallest absolute Gasteiger partial charge is 0.337 e. The van der Waals surface area contributed by atoms with Crippen LogP contribution in [0.3, 0.4) is 0 Å². The van der Waals surface area contributed by atoms with E-state index < -0.39 is 16.0 Å². The molecule has 1 aromatic rings. The summed E-state index contributed by atoms with van der Waals surface area (Å²) in [6.07, 6.45) is 1.61. The van der Waals surface area contributed by atoms with Gasteiger partial charge in [-0.1, -0.05) is 18.5 Å². The molecule has 0 amide bonds. The van der Waals surface area contributed by atoms with Crippen molar-refractivity contribution >= 4 is 27.6 Å². The van der Waals surface area contributed by atoms with Crippen molar-refractivity contribution in [1.29, 1.82) is 0 Å². The minimum atomic E-state index is -3.69. The van der Waals surface area contributed by atoms with Crippen molar-refractivity contribution in [3.05, 3.63) is 28.8 Å². The van der Waals surface area contributed by atoms with E-state index in [0.717, 1.165) is 18.9 Å². The van der Waals surface area contributed by atoms with Gasteiger partial charge in [-0.2, -0.15) is 0 Å². The first-order valence-corrected chi connectivity index (χ1v) is 7.71. The molecule has 0 heterocycles. The average molecular weight is 304 g/mol. The summed E-state index contributed by atoms with van der Waals surface area (Å²) in [4.78, 5) is 10.9. The minimum Gasteiger partial charge on any atom is -0.478 e. The first-order valence-electron chi connectivity index (χ1n) is 5.85. The second kappa shape index (κ2) is 5.11. The molecule has 1 aliphatic rings. The maximum Gasteiger partial charge on any atom is 0.337 e. The Balaban J connectivity index is 2.25. The van der Waals surface area contributed by atoms with E-state index in [9.17, 15) is 13.2 Å². The van der Waals surface area contributed by atoms with E-state index in [1.54, 1.807) is 0 Å². The molecule has 0 atom stereocenters. The Labute approximate surface area is 116 Å². The lowest BCUT2D eigenvalue weighted by molar-refractivity contribution is 0.0697. The molecule has 0 aliphatic heterocycles. The van der Waals surface area contributed by atoms with Crippen molar-refractivity contribution in [2.45, 2.75) is 30.7 Å². The summed E-state index contributed by atoms with van der Waals surface area (Å²) in [6.45, 7) is 2.05. The molecule has 0 saturated heterocycles. The van der Waals surface area contributed by atoms with Gasteiger partial charge in [-0.25, -0.2) is 17.9 Å². The zero-order valence-electron chi connectivity index (χ0n) is 10.3. The lowest BCUT2D eigenvalue weighted by Gasteiger charge is -2.32. The van der Waals surface area contributed by atoms with Crippen LogP contribution < -0.4 is 4.72 Å². The van der Waals surface area contributed by atoms with Crippen molar-refractivity contribution < 1.29 is 18.3 Å². The molecule has 1 aromatic carbocycles. The van der Waals surface area contributed by atoms with E-state index in [-0.39, 0.29) is 21.5 Å². The number of benzene rings is 1. The number of aromatic carboxylic acids is 1. The summed E-state index contributed by atoms with van der Waals surface area (Å²) in [5.41, 5.74) is -0.216. The third-order valence-electron chi connectivity index (χ3n) is 3.17. The standard InChI is InChI=1S/C12H14ClNO4S/c1-7-4-8(5-7)14-19(17,18)9-2-3-11(13)10(6-9)12(15)16/h2-3,6-8,14H,4-5H2,1H3,(H,15,16). The molecule has 2 rings (SSSR count). The van der Waals surface area contributed by atoms with Gasteiger partial charge in [0.05, 0.1) is 15.5 Å². The second-order valence-electron chi connectivity index (χ2n) is 4.84. The average Bonchev–Trinajstić information content (AvgIpc) is 2.26. The van der Waals surface area contributed by atoms with Crippen LogP contribution in [0.4, 0.5) is 0 Å². The number of carboxylic acid groups (broad SMARTS) is 1. The molecule has 5 nitrogen and oxygen atoms in total. The number of halogens is 1. The van der Waals surface area contributed by atoms with Crippen molar-refractivity contribution in [1.82, 2.24) is 4.72 Å². The summed E-state index contributed by atoms with van der Waals surface area (Å²) in [5, 5.41) is 8.95. The number of carboxylic acids is 1. The summed E-state index contributed by atoms with van der Waals surface area (Å²) in [6, 6.07) is 3.60. The third kappa shape index (κ3) is 3.08. The quantitative estimate of drug-likeness (QED) is 0.892. The van der Waals surface area contributed by atoms with Crippen molar-refractivity contribution in [2.24, 2.45) is 5.92 Å². The van der Waals surface area contributed by atoms with Crippen LogP contribution in [0.25, 0.3) is 0 Å². The summed E-state index contributed by atoms with van der Waals surface area (Å²) in [7, 11) is -3.69. The molecule has 1 aliphatic carbocycles. The van der Waals surface area contributed by atoms with E-state index in [2.05, 4.69) is 11.6 Å². The van der Waals surface area contributed by atoms with Gasteiger partial charge in [0.15, 0.2) is 0 Å². The third-order valence-corrected chi connectivity index (χ3v) is 5.02. The number of hydrogen-bond acceptors (Lipinski definition) is 3. The Kier molecular flexibility index (Phi) is 3.85. The number of sulfonamides is 1. The van der Waals surface area contributed by atoms with Gasteiger partial charge in [0.25, 0.3) is 0 Å². The summed E-state index contributed by atoms with van der Waals surface area (Å²) in [5.74, 6) is -0.730. The monoisotopic (exact) mass is 303 g/mol. The van der Waals surface area contributed by atoms with Gasteiger partial charge in [0.1, 0.15) is 0 Å². The SMILES string of the molecule is CC1CC(NS(=O)(=O)c2ccc(Cl)c(C(=O)O)c2)C1. The molecule has 0 bridgehead atoms. The summed E-state index contributed by atoms with van der Waals surface area (Å²) < 4.78 is 26.7. The Bertz CT molecular complexity index is 608. The molecule has 104 valence electrons. The van der Waals surface area contributed by atoms with Crippen LogP contribution in [0.1, 0.15) is 30.1 Å². The molecular weight excluding hydrogens is 290 g/mol. The fraction of sp³-hybridized carbons (Fsp3) is 0.417. The van der Waals surface area contributed by atoms with Crippen LogP contribution >= 0.6 is 11.6 Å². The van der Waals surface area contributed by atoms with Crippen molar-refractivity contribution in [3.63, 3.8) is 0 Å². The van der Waals surface area contributed by atoms with E-state index in [0.29, 0.717) is 5.92 Å². The van der Waals surface area contributed by atoms with Crippen LogP contribution in [0.2, 0.25) is 5.02 Å². The fourth-order valence-corrected chi connectivity index (χ4v) is 3.61. The molecule has 0 aromatic heterocycles. The molecular formula is C12H14ClNO4S. The van der Waals surface area contributed by atoms with Gasteiger partial charge in [-0.05, 0) is 37.0 Å². The zero-order chi connectivity index (χ0) is 14.2. The number of rotatable bonds is 4. The Hall–Kier alpha value is -1.11. The molecule has 7 heteroatoms. The highest BCUT2D eigenvalue weighted by Gasteiger charge is 2.30. The van der Waals surface area contributed by atoms with Gasteiger partial charge in [-0.3, -0.25) is 0 Å². The number of carbonyl (C=O) groups is 1. The lowest BCUT2D eigenvalue weighted by Crippen LogP contribution is -2.43.